The first-order valence-corrected chi connectivity index (χ1v) is 10.8. The highest BCUT2D eigenvalue weighted by molar-refractivity contribution is 7.12. The highest BCUT2D eigenvalue weighted by Crippen LogP contribution is 2.35. The van der Waals surface area contributed by atoms with E-state index in [0.717, 1.165) is 10.6 Å². The fraction of sp³-hybridized carbons (Fsp3) is 0.381. The minimum Gasteiger partial charge on any atom is -0.383 e. The summed E-state index contributed by atoms with van der Waals surface area (Å²) in [5, 5.41) is 19.1. The van der Waals surface area contributed by atoms with Crippen LogP contribution in [0.5, 0.6) is 0 Å². The van der Waals surface area contributed by atoms with Gasteiger partial charge in [-0.1, -0.05) is 25.1 Å². The molecule has 0 N–H and O–H groups in total. The standard InChI is InChI=1S/C21H24N4O5S/c1-3-20(26)23(9-10-30-2)14-21(27)24-18(13-17(22-24)19-8-5-11-31-19)15-6-4-7-16(12-15)25(28)29/h4-8,11-12,18H,3,9-10,13-14H2,1-2H3. The van der Waals surface area contributed by atoms with Gasteiger partial charge in [-0.15, -0.1) is 11.3 Å². The first-order chi connectivity index (χ1) is 14.9. The number of carbonyl (C=O) groups is 2. The zero-order valence-electron chi connectivity index (χ0n) is 17.4. The van der Waals surface area contributed by atoms with Crippen LogP contribution in [-0.4, -0.2) is 59.2 Å². The maximum absolute atomic E-state index is 13.2. The third-order valence-electron chi connectivity index (χ3n) is 4.98. The number of benzene rings is 1. The summed E-state index contributed by atoms with van der Waals surface area (Å²) in [5.41, 5.74) is 1.32. The lowest BCUT2D eigenvalue weighted by Gasteiger charge is -2.26. The van der Waals surface area contributed by atoms with Gasteiger partial charge < -0.3 is 9.64 Å². The number of hydrogen-bond donors (Lipinski definition) is 0. The molecule has 1 aromatic heterocycles. The van der Waals surface area contributed by atoms with E-state index in [4.69, 9.17) is 4.74 Å². The second-order valence-corrected chi connectivity index (χ2v) is 7.94. The monoisotopic (exact) mass is 444 g/mol. The Morgan fingerprint density at radius 2 is 2.16 bits per heavy atom. The van der Waals surface area contributed by atoms with Crippen LogP contribution in [0.25, 0.3) is 0 Å². The van der Waals surface area contributed by atoms with E-state index >= 15 is 0 Å². The molecule has 0 bridgehead atoms. The number of nitrogens with zero attached hydrogens (tertiary/aromatic N) is 4. The SMILES string of the molecule is CCC(=O)N(CCOC)CC(=O)N1N=C(c2cccs2)CC1c1cccc([N+](=O)[O-])c1. The quantitative estimate of drug-likeness (QED) is 0.436. The summed E-state index contributed by atoms with van der Waals surface area (Å²) in [6, 6.07) is 9.59. The summed E-state index contributed by atoms with van der Waals surface area (Å²) in [6.45, 7) is 2.22. The number of nitro benzene ring substituents is 1. The zero-order valence-corrected chi connectivity index (χ0v) is 18.2. The summed E-state index contributed by atoms with van der Waals surface area (Å²) >= 11 is 1.51. The van der Waals surface area contributed by atoms with E-state index in [1.807, 2.05) is 17.5 Å². The van der Waals surface area contributed by atoms with Gasteiger partial charge in [0.05, 0.1) is 28.2 Å². The minimum atomic E-state index is -0.481. The van der Waals surface area contributed by atoms with Crippen LogP contribution in [0.1, 0.15) is 36.2 Å². The molecule has 10 heteroatoms. The van der Waals surface area contributed by atoms with Gasteiger partial charge in [-0.05, 0) is 17.0 Å². The summed E-state index contributed by atoms with van der Waals surface area (Å²) < 4.78 is 5.06. The molecule has 1 aromatic carbocycles. The molecule has 1 atom stereocenters. The Hall–Kier alpha value is -3.11. The van der Waals surface area contributed by atoms with Crippen LogP contribution in [0.15, 0.2) is 46.9 Å². The third kappa shape index (κ3) is 5.33. The van der Waals surface area contributed by atoms with Gasteiger partial charge >= 0.3 is 0 Å². The normalized spacial score (nSPS) is 15.6. The largest absolute Gasteiger partial charge is 0.383 e. The van der Waals surface area contributed by atoms with Gasteiger partial charge in [-0.3, -0.25) is 19.7 Å². The predicted molar refractivity (Wildman–Crippen MR) is 117 cm³/mol. The van der Waals surface area contributed by atoms with Crippen LogP contribution >= 0.6 is 11.3 Å². The summed E-state index contributed by atoms with van der Waals surface area (Å²) in [4.78, 5) is 38.7. The molecule has 164 valence electrons. The lowest BCUT2D eigenvalue weighted by Crippen LogP contribution is -2.42. The zero-order chi connectivity index (χ0) is 22.4. The fourth-order valence-electron chi connectivity index (χ4n) is 3.39. The van der Waals surface area contributed by atoms with Crippen LogP contribution in [0.2, 0.25) is 0 Å². The van der Waals surface area contributed by atoms with Crippen LogP contribution in [0.4, 0.5) is 5.69 Å². The number of ether oxygens (including phenoxy) is 1. The number of hydrogen-bond acceptors (Lipinski definition) is 7. The molecular weight excluding hydrogens is 420 g/mol. The molecule has 1 unspecified atom stereocenters. The molecular formula is C21H24N4O5S. The molecule has 1 aliphatic heterocycles. The highest BCUT2D eigenvalue weighted by atomic mass is 32.1. The molecule has 0 saturated carbocycles. The Morgan fingerprint density at radius 3 is 2.81 bits per heavy atom. The molecule has 2 amide bonds. The van der Waals surface area contributed by atoms with Gasteiger partial charge in [0.2, 0.25) is 5.91 Å². The molecule has 9 nitrogen and oxygen atoms in total. The van der Waals surface area contributed by atoms with E-state index in [2.05, 4.69) is 5.10 Å². The topological polar surface area (TPSA) is 105 Å². The van der Waals surface area contributed by atoms with Crippen LogP contribution in [-0.2, 0) is 14.3 Å². The molecule has 0 spiro atoms. The van der Waals surface area contributed by atoms with Crippen molar-refractivity contribution >= 4 is 34.6 Å². The minimum absolute atomic E-state index is 0.0441. The van der Waals surface area contributed by atoms with Crippen molar-refractivity contribution in [2.45, 2.75) is 25.8 Å². The number of nitro groups is 1. The van der Waals surface area contributed by atoms with E-state index in [0.29, 0.717) is 25.1 Å². The van der Waals surface area contributed by atoms with Crippen molar-refractivity contribution in [2.75, 3.05) is 26.8 Å². The van der Waals surface area contributed by atoms with Crippen LogP contribution < -0.4 is 0 Å². The van der Waals surface area contributed by atoms with E-state index in [1.165, 1.54) is 40.5 Å². The van der Waals surface area contributed by atoms with E-state index in [9.17, 15) is 19.7 Å². The first kappa shape index (κ1) is 22.6. The Morgan fingerprint density at radius 1 is 1.35 bits per heavy atom. The molecule has 0 saturated heterocycles. The predicted octanol–water partition coefficient (Wildman–Crippen LogP) is 3.22. The second-order valence-electron chi connectivity index (χ2n) is 7.00. The van der Waals surface area contributed by atoms with Crippen molar-refractivity contribution in [2.24, 2.45) is 5.10 Å². The number of carbonyl (C=O) groups excluding carboxylic acids is 2. The molecule has 2 aromatic rings. The van der Waals surface area contributed by atoms with Crippen LogP contribution in [0, 0.1) is 10.1 Å². The average molecular weight is 445 g/mol. The first-order valence-electron chi connectivity index (χ1n) is 9.89. The van der Waals surface area contributed by atoms with Gasteiger partial charge in [-0.2, -0.15) is 5.10 Å². The number of thiophene rings is 1. The van der Waals surface area contributed by atoms with E-state index in [1.54, 1.807) is 19.1 Å². The van der Waals surface area contributed by atoms with Crippen LogP contribution in [0.3, 0.4) is 0 Å². The molecule has 0 radical (unpaired) electrons. The number of amides is 2. The smallest absolute Gasteiger partial charge is 0.269 e. The van der Waals surface area contributed by atoms with Gasteiger partial charge in [0.1, 0.15) is 6.54 Å². The Balaban J connectivity index is 1.90. The van der Waals surface area contributed by atoms with Crippen molar-refractivity contribution < 1.29 is 19.2 Å². The van der Waals surface area contributed by atoms with Gasteiger partial charge in [-0.25, -0.2) is 5.01 Å². The van der Waals surface area contributed by atoms with Gasteiger partial charge in [0.25, 0.3) is 11.6 Å². The molecule has 0 fully saturated rings. The average Bonchev–Trinajstić information content (AvgIpc) is 3.46. The number of non-ortho nitro benzene ring substituents is 1. The third-order valence-corrected chi connectivity index (χ3v) is 5.90. The number of methoxy groups -OCH3 is 1. The van der Waals surface area contributed by atoms with E-state index < -0.39 is 11.0 Å². The lowest BCUT2D eigenvalue weighted by molar-refractivity contribution is -0.385. The Bertz CT molecular complexity index is 976. The number of hydrazone groups is 1. The maximum Gasteiger partial charge on any atom is 0.269 e. The van der Waals surface area contributed by atoms with Crippen molar-refractivity contribution in [1.82, 2.24) is 9.91 Å². The molecule has 3 rings (SSSR count). The molecule has 1 aliphatic rings. The number of rotatable bonds is 9. The van der Waals surface area contributed by atoms with E-state index in [-0.39, 0.29) is 30.5 Å². The molecule has 2 heterocycles. The maximum atomic E-state index is 13.2. The molecule has 31 heavy (non-hydrogen) atoms. The fourth-order valence-corrected chi connectivity index (χ4v) is 4.11. The highest BCUT2D eigenvalue weighted by Gasteiger charge is 2.35. The van der Waals surface area contributed by atoms with Gasteiger partial charge in [0, 0.05) is 38.6 Å². The van der Waals surface area contributed by atoms with Gasteiger partial charge in [0.15, 0.2) is 0 Å². The Kier molecular flexibility index (Phi) is 7.48. The second kappa shape index (κ2) is 10.3. The van der Waals surface area contributed by atoms with Crippen molar-refractivity contribution in [3.63, 3.8) is 0 Å². The Labute approximate surface area is 184 Å². The summed E-state index contributed by atoms with van der Waals surface area (Å²) in [5.74, 6) is -0.500. The summed E-state index contributed by atoms with van der Waals surface area (Å²) in [6.07, 6.45) is 0.711. The summed E-state index contributed by atoms with van der Waals surface area (Å²) in [7, 11) is 1.53. The van der Waals surface area contributed by atoms with Crippen molar-refractivity contribution in [1.29, 1.82) is 0 Å². The van der Waals surface area contributed by atoms with Crippen molar-refractivity contribution in [3.05, 3.63) is 62.3 Å². The lowest BCUT2D eigenvalue weighted by atomic mass is 10.0. The molecule has 0 aliphatic carbocycles. The van der Waals surface area contributed by atoms with Crippen molar-refractivity contribution in [3.8, 4) is 0 Å².